The van der Waals surface area contributed by atoms with Gasteiger partial charge in [-0.15, -0.1) is 0 Å². The fourth-order valence-electron chi connectivity index (χ4n) is 2.77. The monoisotopic (exact) mass is 336 g/mol. The molecule has 1 saturated heterocycles. The van der Waals surface area contributed by atoms with E-state index in [1.54, 1.807) is 7.11 Å². The van der Waals surface area contributed by atoms with Crippen LogP contribution >= 0.6 is 0 Å². The standard InChI is InChI=1S/C21H25BO3/c1-20(2)21(3,4)25-22(24-20)19(17-9-7-6-8-10-17)15-16-11-13-18(23-5)14-12-16/h6-15H,1-5H3/b19-15+. The van der Waals surface area contributed by atoms with E-state index in [2.05, 4.69) is 45.9 Å². The molecule has 2 aromatic rings. The molecule has 4 heteroatoms. The molecule has 0 aliphatic carbocycles. The second-order valence-corrected chi connectivity index (χ2v) is 7.33. The Bertz CT molecular complexity index is 732. The van der Waals surface area contributed by atoms with Gasteiger partial charge in [0.25, 0.3) is 0 Å². The zero-order chi connectivity index (χ0) is 18.1. The molecule has 0 spiro atoms. The van der Waals surface area contributed by atoms with E-state index in [1.807, 2.05) is 42.5 Å². The Hall–Kier alpha value is -2.04. The van der Waals surface area contributed by atoms with Gasteiger partial charge in [-0.05, 0) is 56.4 Å². The van der Waals surface area contributed by atoms with Gasteiger partial charge in [-0.25, -0.2) is 0 Å². The maximum Gasteiger partial charge on any atom is 0.495 e. The molecule has 1 heterocycles. The van der Waals surface area contributed by atoms with Crippen molar-refractivity contribution in [3.63, 3.8) is 0 Å². The van der Waals surface area contributed by atoms with Gasteiger partial charge in [-0.1, -0.05) is 48.5 Å². The van der Waals surface area contributed by atoms with Crippen LogP contribution < -0.4 is 4.74 Å². The minimum Gasteiger partial charge on any atom is -0.497 e. The zero-order valence-electron chi connectivity index (χ0n) is 15.6. The van der Waals surface area contributed by atoms with Crippen LogP contribution in [0.3, 0.4) is 0 Å². The molecule has 1 fully saturated rings. The fourth-order valence-corrected chi connectivity index (χ4v) is 2.77. The van der Waals surface area contributed by atoms with Crippen molar-refractivity contribution in [2.75, 3.05) is 7.11 Å². The molecule has 3 nitrogen and oxygen atoms in total. The maximum atomic E-state index is 6.28. The van der Waals surface area contributed by atoms with Crippen LogP contribution in [0.5, 0.6) is 5.75 Å². The first-order valence-electron chi connectivity index (χ1n) is 8.59. The molecule has 2 aromatic carbocycles. The molecule has 25 heavy (non-hydrogen) atoms. The second-order valence-electron chi connectivity index (χ2n) is 7.33. The van der Waals surface area contributed by atoms with Gasteiger partial charge in [-0.3, -0.25) is 0 Å². The number of hydrogen-bond donors (Lipinski definition) is 0. The highest BCUT2D eigenvalue weighted by molar-refractivity contribution is 6.70. The van der Waals surface area contributed by atoms with Gasteiger partial charge in [0.2, 0.25) is 0 Å². The van der Waals surface area contributed by atoms with Crippen LogP contribution in [0.25, 0.3) is 11.5 Å². The van der Waals surface area contributed by atoms with E-state index in [0.29, 0.717) is 0 Å². The summed E-state index contributed by atoms with van der Waals surface area (Å²) in [6.07, 6.45) is 2.12. The predicted octanol–water partition coefficient (Wildman–Crippen LogP) is 4.87. The quantitative estimate of drug-likeness (QED) is 0.589. The largest absolute Gasteiger partial charge is 0.497 e. The third kappa shape index (κ3) is 3.65. The van der Waals surface area contributed by atoms with E-state index in [-0.39, 0.29) is 11.2 Å². The highest BCUT2D eigenvalue weighted by atomic mass is 16.7. The van der Waals surface area contributed by atoms with Crippen molar-refractivity contribution < 1.29 is 14.0 Å². The topological polar surface area (TPSA) is 27.7 Å². The molecule has 0 aromatic heterocycles. The SMILES string of the molecule is COc1ccc(/C=C(/B2OC(C)(C)C(C)(C)O2)c2ccccc2)cc1. The maximum absolute atomic E-state index is 6.28. The molecule has 0 atom stereocenters. The summed E-state index contributed by atoms with van der Waals surface area (Å²) in [7, 11) is 1.26. The van der Waals surface area contributed by atoms with E-state index in [1.165, 1.54) is 0 Å². The summed E-state index contributed by atoms with van der Waals surface area (Å²) in [5.41, 5.74) is 2.45. The lowest BCUT2D eigenvalue weighted by Gasteiger charge is -2.32. The lowest BCUT2D eigenvalue weighted by molar-refractivity contribution is 0.00578. The minimum atomic E-state index is -0.408. The van der Waals surface area contributed by atoms with E-state index >= 15 is 0 Å². The molecule has 0 amide bonds. The summed E-state index contributed by atoms with van der Waals surface area (Å²) in [6.45, 7) is 8.29. The molecule has 3 rings (SSSR count). The van der Waals surface area contributed by atoms with Gasteiger partial charge in [0.1, 0.15) is 5.75 Å². The molecule has 0 radical (unpaired) electrons. The van der Waals surface area contributed by atoms with E-state index < -0.39 is 7.12 Å². The highest BCUT2D eigenvalue weighted by Gasteiger charge is 2.52. The van der Waals surface area contributed by atoms with Gasteiger partial charge in [0.05, 0.1) is 18.3 Å². The number of benzene rings is 2. The first kappa shape index (κ1) is 17.8. The molecule has 0 bridgehead atoms. The van der Waals surface area contributed by atoms with Crippen LogP contribution in [0, 0.1) is 0 Å². The number of ether oxygens (including phenoxy) is 1. The van der Waals surface area contributed by atoms with Crippen LogP contribution in [-0.2, 0) is 9.31 Å². The number of rotatable bonds is 4. The van der Waals surface area contributed by atoms with Crippen molar-refractivity contribution in [3.05, 3.63) is 65.7 Å². The van der Waals surface area contributed by atoms with Crippen LogP contribution in [-0.4, -0.2) is 25.4 Å². The van der Waals surface area contributed by atoms with Crippen molar-refractivity contribution in [3.8, 4) is 5.75 Å². The first-order chi connectivity index (χ1) is 11.8. The van der Waals surface area contributed by atoms with Gasteiger partial charge >= 0.3 is 7.12 Å². The second kappa shape index (κ2) is 6.70. The van der Waals surface area contributed by atoms with Gasteiger partial charge in [0.15, 0.2) is 0 Å². The lowest BCUT2D eigenvalue weighted by Crippen LogP contribution is -2.41. The van der Waals surface area contributed by atoms with Gasteiger partial charge in [-0.2, -0.15) is 0 Å². The summed E-state index contributed by atoms with van der Waals surface area (Å²) >= 11 is 0. The summed E-state index contributed by atoms with van der Waals surface area (Å²) in [6, 6.07) is 18.2. The van der Waals surface area contributed by atoms with Crippen molar-refractivity contribution in [1.29, 1.82) is 0 Å². The highest BCUT2D eigenvalue weighted by Crippen LogP contribution is 2.41. The third-order valence-corrected chi connectivity index (χ3v) is 5.05. The summed E-state index contributed by atoms with van der Waals surface area (Å²) in [4.78, 5) is 0. The van der Waals surface area contributed by atoms with Gasteiger partial charge < -0.3 is 14.0 Å². The van der Waals surface area contributed by atoms with Gasteiger partial charge in [0, 0.05) is 0 Å². The number of methoxy groups -OCH3 is 1. The Morgan fingerprint density at radius 2 is 1.44 bits per heavy atom. The molecule has 1 aliphatic heterocycles. The summed E-state index contributed by atoms with van der Waals surface area (Å²) in [5, 5.41) is 0. The van der Waals surface area contributed by atoms with Crippen LogP contribution in [0.1, 0.15) is 38.8 Å². The minimum absolute atomic E-state index is 0.370. The lowest BCUT2D eigenvalue weighted by atomic mass is 9.73. The Labute approximate surface area is 150 Å². The smallest absolute Gasteiger partial charge is 0.495 e. The average Bonchev–Trinajstić information content (AvgIpc) is 2.81. The normalized spacial score (nSPS) is 19.1. The fraction of sp³-hybridized carbons (Fsp3) is 0.333. The predicted molar refractivity (Wildman–Crippen MR) is 103 cm³/mol. The van der Waals surface area contributed by atoms with Crippen LogP contribution in [0.15, 0.2) is 54.6 Å². The molecule has 0 N–H and O–H groups in total. The van der Waals surface area contributed by atoms with E-state index in [9.17, 15) is 0 Å². The molecular weight excluding hydrogens is 311 g/mol. The number of hydrogen-bond acceptors (Lipinski definition) is 3. The Balaban J connectivity index is 2.01. The van der Waals surface area contributed by atoms with Crippen molar-refractivity contribution in [2.45, 2.75) is 38.9 Å². The molecular formula is C21H25BO3. The Morgan fingerprint density at radius 1 is 0.880 bits per heavy atom. The van der Waals surface area contributed by atoms with Crippen LogP contribution in [0.4, 0.5) is 0 Å². The van der Waals surface area contributed by atoms with Crippen molar-refractivity contribution >= 4 is 18.7 Å². The Morgan fingerprint density at radius 3 is 1.96 bits per heavy atom. The zero-order valence-corrected chi connectivity index (χ0v) is 15.6. The molecule has 0 saturated carbocycles. The summed E-state index contributed by atoms with van der Waals surface area (Å²) < 4.78 is 17.8. The van der Waals surface area contributed by atoms with E-state index in [4.69, 9.17) is 14.0 Å². The first-order valence-corrected chi connectivity index (χ1v) is 8.59. The third-order valence-electron chi connectivity index (χ3n) is 5.05. The molecule has 0 unspecified atom stereocenters. The van der Waals surface area contributed by atoms with Crippen molar-refractivity contribution in [1.82, 2.24) is 0 Å². The van der Waals surface area contributed by atoms with E-state index in [0.717, 1.165) is 22.3 Å². The van der Waals surface area contributed by atoms with Crippen LogP contribution in [0.2, 0.25) is 0 Å². The molecule has 1 aliphatic rings. The average molecular weight is 336 g/mol. The van der Waals surface area contributed by atoms with Crippen molar-refractivity contribution in [2.24, 2.45) is 0 Å². The Kier molecular flexibility index (Phi) is 4.76. The molecule has 130 valence electrons. The summed E-state index contributed by atoms with van der Waals surface area (Å²) in [5.74, 6) is 0.842.